The van der Waals surface area contributed by atoms with Gasteiger partial charge in [0.05, 0.1) is 22.7 Å². The van der Waals surface area contributed by atoms with Crippen LogP contribution in [-0.2, 0) is 16.6 Å². The van der Waals surface area contributed by atoms with Gasteiger partial charge in [0.1, 0.15) is 0 Å². The minimum Gasteiger partial charge on any atom is -0.225 e. The summed E-state index contributed by atoms with van der Waals surface area (Å²) >= 11 is 0. The van der Waals surface area contributed by atoms with E-state index in [1.807, 2.05) is 18.2 Å². The Kier molecular flexibility index (Phi) is 3.22. The van der Waals surface area contributed by atoms with E-state index >= 15 is 0 Å². The molecule has 0 radical (unpaired) electrons. The van der Waals surface area contributed by atoms with Gasteiger partial charge < -0.3 is 0 Å². The van der Waals surface area contributed by atoms with Crippen molar-refractivity contribution in [3.05, 3.63) is 42.0 Å². The summed E-state index contributed by atoms with van der Waals surface area (Å²) in [5, 5.41) is 27.1. The molecule has 0 fully saturated rings. The van der Waals surface area contributed by atoms with Crippen molar-refractivity contribution in [2.75, 3.05) is 0 Å². The third-order valence-corrected chi connectivity index (χ3v) is 4.67. The van der Waals surface area contributed by atoms with E-state index in [1.54, 1.807) is 12.1 Å². The third-order valence-electron chi connectivity index (χ3n) is 3.72. The summed E-state index contributed by atoms with van der Waals surface area (Å²) in [7, 11) is -3.97. The number of H-pyrrole nitrogens is 1. The van der Waals surface area contributed by atoms with Gasteiger partial charge in [0.2, 0.25) is 15.8 Å². The van der Waals surface area contributed by atoms with E-state index in [2.05, 4.69) is 30.9 Å². The van der Waals surface area contributed by atoms with Crippen molar-refractivity contribution in [2.45, 2.75) is 11.4 Å². The highest BCUT2D eigenvalue weighted by molar-refractivity contribution is 7.89. The van der Waals surface area contributed by atoms with E-state index < -0.39 is 10.0 Å². The van der Waals surface area contributed by atoms with Crippen molar-refractivity contribution in [3.8, 4) is 22.5 Å². The zero-order chi connectivity index (χ0) is 16.7. The van der Waals surface area contributed by atoms with Crippen LogP contribution < -0.4 is 5.14 Å². The maximum Gasteiger partial charge on any atom is 0.238 e. The molecule has 0 spiro atoms. The zero-order valence-electron chi connectivity index (χ0n) is 12.2. The van der Waals surface area contributed by atoms with Gasteiger partial charge in [-0.05, 0) is 28.5 Å². The molecule has 24 heavy (non-hydrogen) atoms. The lowest BCUT2D eigenvalue weighted by Gasteiger charge is -2.11. The monoisotopic (exact) mass is 341 g/mol. The highest BCUT2D eigenvalue weighted by atomic mass is 32.2. The average Bonchev–Trinajstić information content (AvgIpc) is 3.24. The van der Waals surface area contributed by atoms with Crippen LogP contribution in [0.3, 0.4) is 0 Å². The number of nitrogens with one attached hydrogen (secondary N) is 1. The predicted octanol–water partition coefficient (Wildman–Crippen LogP) is 1.78. The molecule has 1 aromatic heterocycles. The zero-order valence-corrected chi connectivity index (χ0v) is 13.0. The molecule has 0 aliphatic carbocycles. The van der Waals surface area contributed by atoms with Gasteiger partial charge in [0, 0.05) is 5.56 Å². The first-order valence-corrected chi connectivity index (χ1v) is 8.49. The van der Waals surface area contributed by atoms with Gasteiger partial charge in [-0.15, -0.1) is 10.2 Å². The molecular weight excluding hydrogens is 330 g/mol. The van der Waals surface area contributed by atoms with Crippen LogP contribution in [0, 0.1) is 0 Å². The van der Waals surface area contributed by atoms with Gasteiger partial charge in [-0.25, -0.2) is 13.6 Å². The highest BCUT2D eigenvalue weighted by Gasteiger charge is 2.23. The van der Waals surface area contributed by atoms with Crippen LogP contribution in [0.15, 0.2) is 51.5 Å². The number of nitrogens with zero attached hydrogens (tertiary/aromatic N) is 5. The molecule has 0 bridgehead atoms. The maximum atomic E-state index is 12.0. The summed E-state index contributed by atoms with van der Waals surface area (Å²) in [6, 6.07) is 10.4. The van der Waals surface area contributed by atoms with Crippen LogP contribution in [0.4, 0.5) is 5.69 Å². The quantitative estimate of drug-likeness (QED) is 0.747. The van der Waals surface area contributed by atoms with Crippen LogP contribution in [0.25, 0.3) is 22.5 Å². The average molecular weight is 341 g/mol. The number of benzene rings is 2. The van der Waals surface area contributed by atoms with E-state index in [9.17, 15) is 8.42 Å². The van der Waals surface area contributed by atoms with Crippen molar-refractivity contribution < 1.29 is 8.42 Å². The van der Waals surface area contributed by atoms with Crippen LogP contribution in [0.2, 0.25) is 0 Å². The Hall–Kier alpha value is -2.98. The van der Waals surface area contributed by atoms with Gasteiger partial charge in [-0.2, -0.15) is 15.4 Å². The fraction of sp³-hybridized carbons (Fsp3) is 0.0714. The molecule has 120 valence electrons. The summed E-state index contributed by atoms with van der Waals surface area (Å²) in [5.41, 5.74) is 3.45. The van der Waals surface area contributed by atoms with Crippen molar-refractivity contribution >= 4 is 15.7 Å². The molecule has 1 aliphatic rings. The standard InChI is InChI=1S/C14H11N7O2S/c15-24(22,23)12-3-1-2-10(13(12)14-18-20-21-19-14)8-4-5-9-7-16-17-11(9)6-8/h1-6H,7H2,(H2,15,22,23)(H,18,19,20,21). The fourth-order valence-electron chi connectivity index (χ4n) is 2.65. The predicted molar refractivity (Wildman–Crippen MR) is 84.6 cm³/mol. The van der Waals surface area contributed by atoms with Crippen molar-refractivity contribution in [1.29, 1.82) is 0 Å². The molecule has 1 aliphatic heterocycles. The van der Waals surface area contributed by atoms with Gasteiger partial charge in [-0.3, -0.25) is 0 Å². The van der Waals surface area contributed by atoms with Crippen LogP contribution in [0.5, 0.6) is 0 Å². The Balaban J connectivity index is 2.01. The number of tetrazole rings is 1. The van der Waals surface area contributed by atoms with Gasteiger partial charge in [0.15, 0.2) is 0 Å². The molecule has 9 nitrogen and oxygen atoms in total. The van der Waals surface area contributed by atoms with E-state index in [0.717, 1.165) is 16.8 Å². The molecular formula is C14H11N7O2S. The smallest absolute Gasteiger partial charge is 0.225 e. The molecule has 0 amide bonds. The number of aromatic amines is 1. The van der Waals surface area contributed by atoms with Crippen LogP contribution in [-0.4, -0.2) is 29.0 Å². The first-order valence-electron chi connectivity index (χ1n) is 6.94. The molecule has 4 rings (SSSR count). The minimum atomic E-state index is -3.97. The number of aromatic nitrogens is 4. The van der Waals surface area contributed by atoms with E-state index in [0.29, 0.717) is 17.7 Å². The SMILES string of the molecule is NS(=O)(=O)c1cccc(-c2ccc3c(c2)N=NC3)c1-c1nn[nH]n1. The highest BCUT2D eigenvalue weighted by Crippen LogP contribution is 2.38. The number of sulfonamides is 1. The largest absolute Gasteiger partial charge is 0.238 e. The number of hydrogen-bond acceptors (Lipinski definition) is 7. The van der Waals surface area contributed by atoms with Gasteiger partial charge in [-0.1, -0.05) is 24.3 Å². The lowest BCUT2D eigenvalue weighted by Crippen LogP contribution is -2.14. The molecule has 2 aromatic carbocycles. The number of azo groups is 1. The maximum absolute atomic E-state index is 12.0. The van der Waals surface area contributed by atoms with E-state index in [4.69, 9.17) is 5.14 Å². The molecule has 2 heterocycles. The summed E-state index contributed by atoms with van der Waals surface area (Å²) in [6.45, 7) is 0.546. The molecule has 0 saturated carbocycles. The Labute approximate surface area is 136 Å². The summed E-state index contributed by atoms with van der Waals surface area (Å²) in [6.07, 6.45) is 0. The van der Waals surface area contributed by atoms with Gasteiger partial charge in [0.25, 0.3) is 0 Å². The second-order valence-corrected chi connectivity index (χ2v) is 6.73. The van der Waals surface area contributed by atoms with Gasteiger partial charge >= 0.3 is 0 Å². The number of rotatable bonds is 3. The lowest BCUT2D eigenvalue weighted by molar-refractivity contribution is 0.598. The number of nitrogens with two attached hydrogens (primary N) is 1. The fourth-order valence-corrected chi connectivity index (χ4v) is 3.41. The second-order valence-electron chi connectivity index (χ2n) is 5.20. The lowest BCUT2D eigenvalue weighted by atomic mass is 9.97. The summed E-state index contributed by atoms with van der Waals surface area (Å²) in [4.78, 5) is -0.0662. The normalized spacial score (nSPS) is 13.2. The Morgan fingerprint density at radius 3 is 2.79 bits per heavy atom. The first kappa shape index (κ1) is 14.6. The van der Waals surface area contributed by atoms with E-state index in [-0.39, 0.29) is 10.7 Å². The first-order chi connectivity index (χ1) is 11.5. The third kappa shape index (κ3) is 2.37. The molecule has 3 aromatic rings. The molecule has 0 saturated heterocycles. The number of primary sulfonamides is 1. The van der Waals surface area contributed by atoms with Crippen LogP contribution in [0.1, 0.15) is 5.56 Å². The molecule has 3 N–H and O–H groups in total. The van der Waals surface area contributed by atoms with E-state index in [1.165, 1.54) is 6.07 Å². The molecule has 10 heteroatoms. The Morgan fingerprint density at radius 1 is 1.17 bits per heavy atom. The van der Waals surface area contributed by atoms with Crippen LogP contribution >= 0.6 is 0 Å². The van der Waals surface area contributed by atoms with Crippen molar-refractivity contribution in [3.63, 3.8) is 0 Å². The summed E-state index contributed by atoms with van der Waals surface area (Å²) < 4.78 is 24.0. The van der Waals surface area contributed by atoms with Crippen molar-refractivity contribution in [1.82, 2.24) is 20.6 Å². The molecule has 0 atom stereocenters. The number of hydrogen-bond donors (Lipinski definition) is 2. The minimum absolute atomic E-state index is 0.0662. The summed E-state index contributed by atoms with van der Waals surface area (Å²) in [5.74, 6) is 0.150. The Morgan fingerprint density at radius 2 is 2.04 bits per heavy atom. The Bertz CT molecular complexity index is 1060. The topological polar surface area (TPSA) is 139 Å². The number of fused-ring (bicyclic) bond motifs is 1. The van der Waals surface area contributed by atoms with Crippen molar-refractivity contribution in [2.24, 2.45) is 15.4 Å². The molecule has 0 unspecified atom stereocenters. The second kappa shape index (κ2) is 5.28.